The van der Waals surface area contributed by atoms with Crippen molar-refractivity contribution in [1.82, 2.24) is 5.16 Å². The normalized spacial score (nSPS) is 10.3. The van der Waals surface area contributed by atoms with E-state index in [1.165, 1.54) is 18.2 Å². The molecule has 0 aliphatic heterocycles. The molecule has 88 valence electrons. The van der Waals surface area contributed by atoms with Crippen molar-refractivity contribution in [3.63, 3.8) is 0 Å². The van der Waals surface area contributed by atoms with Crippen molar-refractivity contribution in [3.8, 4) is 0 Å². The van der Waals surface area contributed by atoms with Crippen molar-refractivity contribution < 1.29 is 13.7 Å². The molecule has 6 heteroatoms. The summed E-state index contributed by atoms with van der Waals surface area (Å²) in [5, 5.41) is 6.19. The molecule has 1 aromatic carbocycles. The Hall–Kier alpha value is -1.88. The molecule has 0 bridgehead atoms. The minimum atomic E-state index is -0.467. The minimum absolute atomic E-state index is 0.124. The maximum atomic E-state index is 12.8. The van der Waals surface area contributed by atoms with Crippen molar-refractivity contribution in [2.75, 3.05) is 5.32 Å². The Morgan fingerprint density at radius 3 is 2.82 bits per heavy atom. The molecule has 0 radical (unpaired) electrons. The van der Waals surface area contributed by atoms with Crippen molar-refractivity contribution in [1.29, 1.82) is 0 Å². The van der Waals surface area contributed by atoms with E-state index in [1.54, 1.807) is 6.92 Å². The maximum absolute atomic E-state index is 12.8. The van der Waals surface area contributed by atoms with Crippen LogP contribution in [0.1, 0.15) is 16.2 Å². The Balaban J connectivity index is 2.18. The highest BCUT2D eigenvalue weighted by molar-refractivity contribution is 6.33. The summed E-state index contributed by atoms with van der Waals surface area (Å²) in [6.07, 6.45) is 0. The Labute approximate surface area is 101 Å². The average molecular weight is 255 g/mol. The topological polar surface area (TPSA) is 55.1 Å². The highest BCUT2D eigenvalue weighted by atomic mass is 35.5. The molecule has 0 fully saturated rings. The summed E-state index contributed by atoms with van der Waals surface area (Å²) < 4.78 is 17.6. The largest absolute Gasteiger partial charge is 0.361 e. The van der Waals surface area contributed by atoms with E-state index in [1.807, 2.05) is 0 Å². The molecule has 1 heterocycles. The number of benzene rings is 1. The Bertz CT molecular complexity index is 568. The predicted octanol–water partition coefficient (Wildman–Crippen LogP) is 3.03. The molecule has 0 spiro atoms. The number of aromatic nitrogens is 1. The number of anilines is 1. The van der Waals surface area contributed by atoms with Crippen molar-refractivity contribution in [3.05, 3.63) is 46.6 Å². The third-order valence-electron chi connectivity index (χ3n) is 2.04. The predicted molar refractivity (Wildman–Crippen MR) is 60.6 cm³/mol. The lowest BCUT2D eigenvalue weighted by atomic mass is 10.3. The van der Waals surface area contributed by atoms with Gasteiger partial charge in [-0.15, -0.1) is 0 Å². The Kier molecular flexibility index (Phi) is 3.10. The molecule has 1 aromatic heterocycles. The minimum Gasteiger partial charge on any atom is -0.361 e. The second-order valence-corrected chi connectivity index (χ2v) is 3.81. The molecule has 4 nitrogen and oxygen atoms in total. The summed E-state index contributed by atoms with van der Waals surface area (Å²) in [6, 6.07) is 5.19. The van der Waals surface area contributed by atoms with Crippen LogP contribution in [0.3, 0.4) is 0 Å². The van der Waals surface area contributed by atoms with E-state index in [0.29, 0.717) is 11.4 Å². The maximum Gasteiger partial charge on any atom is 0.277 e. The molecule has 2 aromatic rings. The first-order valence-corrected chi connectivity index (χ1v) is 5.14. The van der Waals surface area contributed by atoms with Gasteiger partial charge in [0.15, 0.2) is 5.69 Å². The lowest BCUT2D eigenvalue weighted by Crippen LogP contribution is -2.12. The number of halogens is 2. The van der Waals surface area contributed by atoms with Gasteiger partial charge < -0.3 is 9.84 Å². The number of rotatable bonds is 2. The standard InChI is InChI=1S/C11H8ClFN2O2/c1-6-4-10(15-17-6)11(16)14-9-3-2-7(13)5-8(9)12/h2-5H,1H3,(H,14,16). The second kappa shape index (κ2) is 4.55. The number of amides is 1. The summed E-state index contributed by atoms with van der Waals surface area (Å²) >= 11 is 5.77. The zero-order valence-electron chi connectivity index (χ0n) is 8.83. The monoisotopic (exact) mass is 254 g/mol. The van der Waals surface area contributed by atoms with Gasteiger partial charge in [-0.25, -0.2) is 4.39 Å². The van der Waals surface area contributed by atoms with Crippen molar-refractivity contribution in [2.24, 2.45) is 0 Å². The van der Waals surface area contributed by atoms with Crippen LogP contribution in [0, 0.1) is 12.7 Å². The number of carbonyl (C=O) groups is 1. The fraction of sp³-hybridized carbons (Fsp3) is 0.0909. The summed E-state index contributed by atoms with van der Waals surface area (Å²) in [5.74, 6) is -0.402. The number of carbonyl (C=O) groups excluding carboxylic acids is 1. The van der Waals surface area contributed by atoms with Crippen LogP contribution in [0.25, 0.3) is 0 Å². The van der Waals surface area contributed by atoms with Gasteiger partial charge in [0.05, 0.1) is 10.7 Å². The van der Waals surface area contributed by atoms with Gasteiger partial charge >= 0.3 is 0 Å². The first kappa shape index (κ1) is 11.6. The molecular formula is C11H8ClFN2O2. The quantitative estimate of drug-likeness (QED) is 0.896. The summed E-state index contributed by atoms with van der Waals surface area (Å²) in [5.41, 5.74) is 0.460. The number of hydrogen-bond donors (Lipinski definition) is 1. The van der Waals surface area contributed by atoms with Gasteiger partial charge in [0.2, 0.25) is 0 Å². The molecule has 17 heavy (non-hydrogen) atoms. The van der Waals surface area contributed by atoms with Crippen LogP contribution in [0.5, 0.6) is 0 Å². The van der Waals surface area contributed by atoms with Crippen molar-refractivity contribution in [2.45, 2.75) is 6.92 Å². The lowest BCUT2D eigenvalue weighted by molar-refractivity contribution is 0.101. The third-order valence-corrected chi connectivity index (χ3v) is 2.35. The van der Waals surface area contributed by atoms with Crippen LogP contribution in [0.2, 0.25) is 5.02 Å². The van der Waals surface area contributed by atoms with Gasteiger partial charge in [0.1, 0.15) is 11.6 Å². The van der Waals surface area contributed by atoms with E-state index in [0.717, 1.165) is 6.07 Å². The molecule has 0 unspecified atom stereocenters. The first-order chi connectivity index (χ1) is 8.06. The molecule has 0 atom stereocenters. The van der Waals surface area contributed by atoms with Crippen molar-refractivity contribution >= 4 is 23.2 Å². The average Bonchev–Trinajstić information content (AvgIpc) is 2.69. The third kappa shape index (κ3) is 2.62. The van der Waals surface area contributed by atoms with Crippen LogP contribution in [0.15, 0.2) is 28.8 Å². The molecule has 0 saturated heterocycles. The van der Waals surface area contributed by atoms with E-state index < -0.39 is 11.7 Å². The zero-order chi connectivity index (χ0) is 12.4. The SMILES string of the molecule is Cc1cc(C(=O)Nc2ccc(F)cc2Cl)no1. The smallest absolute Gasteiger partial charge is 0.277 e. The Morgan fingerprint density at radius 2 is 2.24 bits per heavy atom. The number of aryl methyl sites for hydroxylation is 1. The van der Waals surface area contributed by atoms with Crippen LogP contribution in [0.4, 0.5) is 10.1 Å². The van der Waals surface area contributed by atoms with E-state index in [9.17, 15) is 9.18 Å². The highest BCUT2D eigenvalue weighted by Crippen LogP contribution is 2.22. The van der Waals surface area contributed by atoms with Crippen LogP contribution < -0.4 is 5.32 Å². The molecule has 1 N–H and O–H groups in total. The molecular weight excluding hydrogens is 247 g/mol. The summed E-state index contributed by atoms with van der Waals surface area (Å²) in [7, 11) is 0. The van der Waals surface area contributed by atoms with E-state index in [4.69, 9.17) is 16.1 Å². The molecule has 0 aliphatic rings. The first-order valence-electron chi connectivity index (χ1n) is 4.76. The van der Waals surface area contributed by atoms with Crippen LogP contribution >= 0.6 is 11.6 Å². The van der Waals surface area contributed by atoms with E-state index >= 15 is 0 Å². The van der Waals surface area contributed by atoms with Gasteiger partial charge in [0.25, 0.3) is 5.91 Å². The highest BCUT2D eigenvalue weighted by Gasteiger charge is 2.12. The van der Waals surface area contributed by atoms with Gasteiger partial charge in [-0.05, 0) is 25.1 Å². The molecule has 2 rings (SSSR count). The number of nitrogens with one attached hydrogen (secondary N) is 1. The van der Waals surface area contributed by atoms with Gasteiger partial charge in [-0.1, -0.05) is 16.8 Å². The van der Waals surface area contributed by atoms with E-state index in [2.05, 4.69) is 10.5 Å². The Morgan fingerprint density at radius 1 is 1.47 bits per heavy atom. The summed E-state index contributed by atoms with van der Waals surface area (Å²) in [4.78, 5) is 11.7. The van der Waals surface area contributed by atoms with Crippen LogP contribution in [-0.4, -0.2) is 11.1 Å². The molecule has 0 saturated carbocycles. The van der Waals surface area contributed by atoms with Gasteiger partial charge in [0, 0.05) is 6.07 Å². The number of nitrogens with zero attached hydrogens (tertiary/aromatic N) is 1. The van der Waals surface area contributed by atoms with E-state index in [-0.39, 0.29) is 10.7 Å². The second-order valence-electron chi connectivity index (χ2n) is 3.40. The fourth-order valence-corrected chi connectivity index (χ4v) is 1.47. The molecule has 0 aliphatic carbocycles. The summed E-state index contributed by atoms with van der Waals surface area (Å²) in [6.45, 7) is 1.68. The van der Waals surface area contributed by atoms with Gasteiger partial charge in [-0.3, -0.25) is 4.79 Å². The molecule has 1 amide bonds. The zero-order valence-corrected chi connectivity index (χ0v) is 9.58. The van der Waals surface area contributed by atoms with Gasteiger partial charge in [-0.2, -0.15) is 0 Å². The number of hydrogen-bond acceptors (Lipinski definition) is 3. The fourth-order valence-electron chi connectivity index (χ4n) is 1.25. The van der Waals surface area contributed by atoms with Crippen LogP contribution in [-0.2, 0) is 0 Å². The lowest BCUT2D eigenvalue weighted by Gasteiger charge is -2.04.